The Balaban J connectivity index is 1.34. The number of H-pyrrole nitrogens is 1. The minimum Gasteiger partial charge on any atom is -0.328 e. The highest BCUT2D eigenvalue weighted by molar-refractivity contribution is 5.59. The number of aromatic nitrogens is 2. The lowest BCUT2D eigenvalue weighted by Crippen LogP contribution is -2.38. The van der Waals surface area contributed by atoms with E-state index in [9.17, 15) is 0 Å². The summed E-state index contributed by atoms with van der Waals surface area (Å²) in [6, 6.07) is 12.7. The number of aromatic amines is 1. The van der Waals surface area contributed by atoms with Crippen LogP contribution in [-0.2, 0) is 0 Å². The van der Waals surface area contributed by atoms with Gasteiger partial charge in [-0.1, -0.05) is 24.3 Å². The van der Waals surface area contributed by atoms with Crippen molar-refractivity contribution in [2.75, 3.05) is 0 Å². The van der Waals surface area contributed by atoms with Crippen molar-refractivity contribution in [1.29, 1.82) is 0 Å². The summed E-state index contributed by atoms with van der Waals surface area (Å²) in [5.41, 5.74) is 9.71. The SMILES string of the molecule is NC1CCC(N[C@@H]2C[C@H]2c2ccc(-c3ccn[nH]3)cc2)CC1. The van der Waals surface area contributed by atoms with Gasteiger partial charge in [0.25, 0.3) is 0 Å². The number of nitrogens with zero attached hydrogens (tertiary/aromatic N) is 1. The fourth-order valence-corrected chi connectivity index (χ4v) is 3.66. The summed E-state index contributed by atoms with van der Waals surface area (Å²) in [5, 5.41) is 10.9. The van der Waals surface area contributed by atoms with Crippen molar-refractivity contribution >= 4 is 0 Å². The summed E-state index contributed by atoms with van der Waals surface area (Å²) >= 11 is 0. The van der Waals surface area contributed by atoms with Gasteiger partial charge < -0.3 is 11.1 Å². The van der Waals surface area contributed by atoms with Crippen molar-refractivity contribution < 1.29 is 0 Å². The molecule has 2 atom stereocenters. The fourth-order valence-electron chi connectivity index (χ4n) is 3.66. The van der Waals surface area contributed by atoms with E-state index in [1.54, 1.807) is 6.20 Å². The predicted molar refractivity (Wildman–Crippen MR) is 88.5 cm³/mol. The van der Waals surface area contributed by atoms with Crippen LogP contribution in [0.1, 0.15) is 43.6 Å². The van der Waals surface area contributed by atoms with Crippen molar-refractivity contribution in [2.45, 2.75) is 56.1 Å². The first-order valence-electron chi connectivity index (χ1n) is 8.41. The van der Waals surface area contributed by atoms with Crippen molar-refractivity contribution in [3.05, 3.63) is 42.1 Å². The van der Waals surface area contributed by atoms with E-state index in [-0.39, 0.29) is 0 Å². The summed E-state index contributed by atoms with van der Waals surface area (Å²) in [7, 11) is 0. The highest BCUT2D eigenvalue weighted by Gasteiger charge is 2.39. The Hall–Kier alpha value is -1.65. The molecule has 2 fully saturated rings. The van der Waals surface area contributed by atoms with Gasteiger partial charge in [-0.15, -0.1) is 0 Å². The van der Waals surface area contributed by atoms with Crippen LogP contribution in [0.4, 0.5) is 0 Å². The van der Waals surface area contributed by atoms with E-state index in [2.05, 4.69) is 39.8 Å². The van der Waals surface area contributed by atoms with E-state index < -0.39 is 0 Å². The smallest absolute Gasteiger partial charge is 0.0650 e. The second-order valence-electron chi connectivity index (χ2n) is 6.82. The molecule has 22 heavy (non-hydrogen) atoms. The first kappa shape index (κ1) is 14.0. The molecule has 0 bridgehead atoms. The zero-order chi connectivity index (χ0) is 14.9. The molecule has 1 aromatic carbocycles. The fraction of sp³-hybridized carbons (Fsp3) is 0.500. The molecule has 0 aliphatic heterocycles. The summed E-state index contributed by atoms with van der Waals surface area (Å²) in [6.07, 6.45) is 7.89. The monoisotopic (exact) mass is 296 g/mol. The third-order valence-electron chi connectivity index (χ3n) is 5.16. The Labute approximate surface area is 131 Å². The Morgan fingerprint density at radius 3 is 2.50 bits per heavy atom. The summed E-state index contributed by atoms with van der Waals surface area (Å²) in [5.74, 6) is 0.686. The van der Waals surface area contributed by atoms with Crippen LogP contribution in [0, 0.1) is 0 Å². The molecule has 0 saturated heterocycles. The molecule has 0 unspecified atom stereocenters. The topological polar surface area (TPSA) is 66.7 Å². The molecule has 4 heteroatoms. The van der Waals surface area contributed by atoms with Crippen molar-refractivity contribution in [3.8, 4) is 11.3 Å². The van der Waals surface area contributed by atoms with E-state index >= 15 is 0 Å². The number of benzene rings is 1. The average Bonchev–Trinajstić information content (AvgIpc) is 3.09. The van der Waals surface area contributed by atoms with Crippen LogP contribution in [0.2, 0.25) is 0 Å². The van der Waals surface area contributed by atoms with Gasteiger partial charge in [-0.3, -0.25) is 5.10 Å². The lowest BCUT2D eigenvalue weighted by atomic mass is 9.92. The third kappa shape index (κ3) is 2.94. The molecule has 2 saturated carbocycles. The van der Waals surface area contributed by atoms with Crippen LogP contribution in [0.15, 0.2) is 36.5 Å². The molecule has 2 aromatic rings. The maximum atomic E-state index is 5.98. The van der Waals surface area contributed by atoms with Gasteiger partial charge in [-0.25, -0.2) is 0 Å². The van der Waals surface area contributed by atoms with Gasteiger partial charge in [-0.2, -0.15) is 5.10 Å². The van der Waals surface area contributed by atoms with E-state index in [0.29, 0.717) is 24.0 Å². The normalized spacial score (nSPS) is 31.1. The Bertz CT molecular complexity index is 597. The molecule has 0 spiro atoms. The van der Waals surface area contributed by atoms with Gasteiger partial charge >= 0.3 is 0 Å². The lowest BCUT2D eigenvalue weighted by Gasteiger charge is -2.27. The van der Waals surface area contributed by atoms with Crippen LogP contribution in [0.25, 0.3) is 11.3 Å². The number of nitrogens with two attached hydrogens (primary N) is 1. The first-order chi connectivity index (χ1) is 10.8. The largest absolute Gasteiger partial charge is 0.328 e. The number of hydrogen-bond acceptors (Lipinski definition) is 3. The first-order valence-corrected chi connectivity index (χ1v) is 8.41. The van der Waals surface area contributed by atoms with Crippen LogP contribution >= 0.6 is 0 Å². The Kier molecular flexibility index (Phi) is 3.72. The maximum absolute atomic E-state index is 5.98. The number of rotatable bonds is 4. The maximum Gasteiger partial charge on any atom is 0.0650 e. The van der Waals surface area contributed by atoms with Gasteiger partial charge in [0, 0.05) is 30.2 Å². The predicted octanol–water partition coefficient (Wildman–Crippen LogP) is 2.79. The molecule has 0 radical (unpaired) electrons. The van der Waals surface area contributed by atoms with Crippen LogP contribution in [0.3, 0.4) is 0 Å². The lowest BCUT2D eigenvalue weighted by molar-refractivity contribution is 0.339. The average molecular weight is 296 g/mol. The molecule has 4 nitrogen and oxygen atoms in total. The highest BCUT2D eigenvalue weighted by Crippen LogP contribution is 2.42. The van der Waals surface area contributed by atoms with Gasteiger partial charge in [0.2, 0.25) is 0 Å². The molecule has 4 N–H and O–H groups in total. The molecule has 116 valence electrons. The molecular weight excluding hydrogens is 272 g/mol. The highest BCUT2D eigenvalue weighted by atomic mass is 15.1. The standard InChI is InChI=1S/C18H24N4/c19-14-5-7-15(8-6-14)21-18-11-16(18)12-1-3-13(4-2-12)17-9-10-20-22-17/h1-4,9-10,14-16,18,21H,5-8,11,19H2,(H,20,22)/t14?,15?,16-,18+/m0/s1. The van der Waals surface area contributed by atoms with Crippen LogP contribution < -0.4 is 11.1 Å². The molecule has 1 aromatic heterocycles. The quantitative estimate of drug-likeness (QED) is 0.813. The third-order valence-corrected chi connectivity index (χ3v) is 5.16. The van der Waals surface area contributed by atoms with E-state index in [4.69, 9.17) is 5.73 Å². The molecule has 0 amide bonds. The molecular formula is C18H24N4. The molecule has 2 aliphatic rings. The minimum atomic E-state index is 0.433. The second kappa shape index (κ2) is 5.86. The second-order valence-corrected chi connectivity index (χ2v) is 6.82. The Morgan fingerprint density at radius 2 is 1.82 bits per heavy atom. The minimum absolute atomic E-state index is 0.433. The summed E-state index contributed by atoms with van der Waals surface area (Å²) in [4.78, 5) is 0. The van der Waals surface area contributed by atoms with Crippen LogP contribution in [-0.4, -0.2) is 28.3 Å². The molecule has 1 heterocycles. The molecule has 4 rings (SSSR count). The van der Waals surface area contributed by atoms with Gasteiger partial charge in [0.15, 0.2) is 0 Å². The summed E-state index contributed by atoms with van der Waals surface area (Å²) < 4.78 is 0. The Morgan fingerprint density at radius 1 is 1.05 bits per heavy atom. The van der Waals surface area contributed by atoms with E-state index in [0.717, 1.165) is 5.69 Å². The van der Waals surface area contributed by atoms with Crippen LogP contribution in [0.5, 0.6) is 0 Å². The summed E-state index contributed by atoms with van der Waals surface area (Å²) in [6.45, 7) is 0. The van der Waals surface area contributed by atoms with E-state index in [1.807, 2.05) is 6.07 Å². The van der Waals surface area contributed by atoms with Crippen molar-refractivity contribution in [3.63, 3.8) is 0 Å². The molecule has 2 aliphatic carbocycles. The van der Waals surface area contributed by atoms with E-state index in [1.165, 1.54) is 43.2 Å². The van der Waals surface area contributed by atoms with Gasteiger partial charge in [0.05, 0.1) is 5.69 Å². The zero-order valence-electron chi connectivity index (χ0n) is 12.8. The number of hydrogen-bond donors (Lipinski definition) is 3. The van der Waals surface area contributed by atoms with Gasteiger partial charge in [-0.05, 0) is 49.3 Å². The van der Waals surface area contributed by atoms with Crippen molar-refractivity contribution in [1.82, 2.24) is 15.5 Å². The van der Waals surface area contributed by atoms with Crippen molar-refractivity contribution in [2.24, 2.45) is 5.73 Å². The van der Waals surface area contributed by atoms with Gasteiger partial charge in [0.1, 0.15) is 0 Å². The zero-order valence-corrected chi connectivity index (χ0v) is 12.8. The number of nitrogens with one attached hydrogen (secondary N) is 2.